The zero-order chi connectivity index (χ0) is 19.0. The number of amides is 1. The molecule has 1 atom stereocenters. The number of nitrogens with one attached hydrogen (secondary N) is 1. The van der Waals surface area contributed by atoms with Gasteiger partial charge in [0.25, 0.3) is 5.91 Å². The van der Waals surface area contributed by atoms with Crippen molar-refractivity contribution in [2.45, 2.75) is 40.7 Å². The van der Waals surface area contributed by atoms with Gasteiger partial charge >= 0.3 is 0 Å². The maximum absolute atomic E-state index is 12.7. The fraction of sp³-hybridized carbons (Fsp3) is 0.500. The maximum Gasteiger partial charge on any atom is 0.261 e. The van der Waals surface area contributed by atoms with Crippen molar-refractivity contribution in [3.05, 3.63) is 27.9 Å². The van der Waals surface area contributed by atoms with Crippen molar-refractivity contribution in [2.24, 2.45) is 7.05 Å². The molecule has 26 heavy (non-hydrogen) atoms. The van der Waals surface area contributed by atoms with E-state index in [9.17, 15) is 4.79 Å². The number of thiazole rings is 1. The lowest BCUT2D eigenvalue weighted by molar-refractivity contribution is 0.0944. The highest BCUT2D eigenvalue weighted by atomic mass is 32.1. The van der Waals surface area contributed by atoms with Crippen molar-refractivity contribution < 1.29 is 4.79 Å². The van der Waals surface area contributed by atoms with Crippen molar-refractivity contribution in [1.82, 2.24) is 20.1 Å². The van der Waals surface area contributed by atoms with Gasteiger partial charge in [-0.05, 0) is 40.7 Å². The van der Waals surface area contributed by atoms with Crippen LogP contribution in [0, 0.1) is 13.8 Å². The van der Waals surface area contributed by atoms with E-state index in [1.165, 1.54) is 11.3 Å². The second-order valence-electron chi connectivity index (χ2n) is 6.35. The van der Waals surface area contributed by atoms with Crippen LogP contribution in [0.15, 0.2) is 6.07 Å². The van der Waals surface area contributed by atoms with Gasteiger partial charge in [0.15, 0.2) is 5.13 Å². The minimum Gasteiger partial charge on any atom is -0.349 e. The highest BCUT2D eigenvalue weighted by molar-refractivity contribution is 7.29. The van der Waals surface area contributed by atoms with Gasteiger partial charge < -0.3 is 10.2 Å². The van der Waals surface area contributed by atoms with E-state index in [0.717, 1.165) is 44.7 Å². The number of thiophene rings is 1. The number of aryl methyl sites for hydroxylation is 2. The van der Waals surface area contributed by atoms with Gasteiger partial charge in [-0.25, -0.2) is 4.98 Å². The summed E-state index contributed by atoms with van der Waals surface area (Å²) in [4.78, 5) is 21.3. The molecule has 0 bridgehead atoms. The zero-order valence-corrected chi connectivity index (χ0v) is 17.7. The van der Waals surface area contributed by atoms with Gasteiger partial charge in [0.1, 0.15) is 4.83 Å². The van der Waals surface area contributed by atoms with Crippen LogP contribution >= 0.6 is 22.7 Å². The second kappa shape index (κ2) is 7.36. The van der Waals surface area contributed by atoms with Crippen molar-refractivity contribution in [1.29, 1.82) is 0 Å². The smallest absolute Gasteiger partial charge is 0.261 e. The van der Waals surface area contributed by atoms with E-state index in [0.29, 0.717) is 4.88 Å². The van der Waals surface area contributed by atoms with E-state index in [1.54, 1.807) is 11.3 Å². The van der Waals surface area contributed by atoms with Crippen LogP contribution in [-0.2, 0) is 7.05 Å². The van der Waals surface area contributed by atoms with Gasteiger partial charge in [0.05, 0.1) is 21.3 Å². The van der Waals surface area contributed by atoms with Crippen LogP contribution in [0.3, 0.4) is 0 Å². The zero-order valence-electron chi connectivity index (χ0n) is 16.1. The van der Waals surface area contributed by atoms with Gasteiger partial charge in [-0.2, -0.15) is 5.10 Å². The molecule has 0 fully saturated rings. The molecule has 1 unspecified atom stereocenters. The number of nitrogens with zero attached hydrogens (tertiary/aromatic N) is 4. The van der Waals surface area contributed by atoms with Gasteiger partial charge in [-0.15, -0.1) is 11.3 Å². The van der Waals surface area contributed by atoms with Gasteiger partial charge in [-0.1, -0.05) is 11.3 Å². The first-order valence-corrected chi connectivity index (χ1v) is 10.4. The summed E-state index contributed by atoms with van der Waals surface area (Å²) in [6.45, 7) is 12.1. The molecular weight excluding hydrogens is 366 g/mol. The van der Waals surface area contributed by atoms with Crippen molar-refractivity contribution >= 4 is 43.2 Å². The summed E-state index contributed by atoms with van der Waals surface area (Å²) >= 11 is 3.10. The molecule has 1 amide bonds. The molecule has 0 saturated carbocycles. The predicted octanol–water partition coefficient (Wildman–Crippen LogP) is 4.05. The van der Waals surface area contributed by atoms with Crippen molar-refractivity contribution in [3.63, 3.8) is 0 Å². The Balaban J connectivity index is 1.78. The summed E-state index contributed by atoms with van der Waals surface area (Å²) in [5.74, 6) is -0.0558. The lowest BCUT2D eigenvalue weighted by Gasteiger charge is -2.16. The summed E-state index contributed by atoms with van der Waals surface area (Å²) in [5.41, 5.74) is 3.12. The molecule has 3 heterocycles. The Morgan fingerprint density at radius 1 is 1.31 bits per heavy atom. The molecule has 0 radical (unpaired) electrons. The Hall–Kier alpha value is -1.93. The van der Waals surface area contributed by atoms with Crippen LogP contribution < -0.4 is 10.2 Å². The second-order valence-corrected chi connectivity index (χ2v) is 8.39. The standard InChI is InChI=1S/C18H25N5OS2/c1-7-23(8-2)18-20-17-14(26-18)9-13(25-17)16(24)19-10(3)15-11(4)21-22(6)12(15)5/h9-10H,7-8H2,1-6H3,(H,19,24). The molecule has 0 spiro atoms. The fourth-order valence-corrected chi connectivity index (χ4v) is 5.46. The lowest BCUT2D eigenvalue weighted by Crippen LogP contribution is -2.26. The fourth-order valence-electron chi connectivity index (χ4n) is 3.22. The third-order valence-electron chi connectivity index (χ3n) is 4.68. The van der Waals surface area contributed by atoms with E-state index in [-0.39, 0.29) is 11.9 Å². The minimum absolute atomic E-state index is 0.0558. The molecule has 0 aliphatic heterocycles. The number of hydrogen-bond acceptors (Lipinski definition) is 6. The Morgan fingerprint density at radius 2 is 2.00 bits per heavy atom. The molecule has 3 rings (SSSR count). The molecule has 0 aliphatic rings. The molecule has 1 N–H and O–H groups in total. The number of fused-ring (bicyclic) bond motifs is 1. The Labute approximate surface area is 161 Å². The first-order chi connectivity index (χ1) is 12.3. The van der Waals surface area contributed by atoms with E-state index in [1.807, 2.05) is 38.6 Å². The highest BCUT2D eigenvalue weighted by Crippen LogP contribution is 2.34. The van der Waals surface area contributed by atoms with E-state index in [2.05, 4.69) is 29.2 Å². The number of anilines is 1. The monoisotopic (exact) mass is 391 g/mol. The maximum atomic E-state index is 12.7. The first-order valence-electron chi connectivity index (χ1n) is 8.81. The van der Waals surface area contributed by atoms with Crippen LogP contribution in [0.5, 0.6) is 0 Å². The molecule has 0 saturated heterocycles. The summed E-state index contributed by atoms with van der Waals surface area (Å²) < 4.78 is 2.93. The van der Waals surface area contributed by atoms with Crippen molar-refractivity contribution in [2.75, 3.05) is 18.0 Å². The molecule has 0 aromatic carbocycles. The summed E-state index contributed by atoms with van der Waals surface area (Å²) in [7, 11) is 1.92. The predicted molar refractivity (Wildman–Crippen MR) is 110 cm³/mol. The van der Waals surface area contributed by atoms with Gasteiger partial charge in [-0.3, -0.25) is 9.48 Å². The molecule has 140 valence electrons. The van der Waals surface area contributed by atoms with Crippen molar-refractivity contribution in [3.8, 4) is 0 Å². The number of rotatable bonds is 6. The number of carbonyl (C=O) groups is 1. The minimum atomic E-state index is -0.0875. The summed E-state index contributed by atoms with van der Waals surface area (Å²) in [5, 5.41) is 8.56. The quantitative estimate of drug-likeness (QED) is 0.689. The third-order valence-corrected chi connectivity index (χ3v) is 6.90. The average Bonchev–Trinajstić information content (AvgIpc) is 3.21. The topological polar surface area (TPSA) is 63.1 Å². The summed E-state index contributed by atoms with van der Waals surface area (Å²) in [6.07, 6.45) is 0. The van der Waals surface area contributed by atoms with Crippen LogP contribution in [-0.4, -0.2) is 33.8 Å². The molecule has 0 aliphatic carbocycles. The molecule has 8 heteroatoms. The van der Waals surface area contributed by atoms with Crippen LogP contribution in [0.1, 0.15) is 53.4 Å². The first kappa shape index (κ1) is 18.8. The van der Waals surface area contributed by atoms with Gasteiger partial charge in [0.2, 0.25) is 0 Å². The highest BCUT2D eigenvalue weighted by Gasteiger charge is 2.21. The Bertz CT molecular complexity index is 904. The van der Waals surface area contributed by atoms with E-state index < -0.39 is 0 Å². The molecule has 3 aromatic heterocycles. The third kappa shape index (κ3) is 3.35. The SMILES string of the molecule is CCN(CC)c1nc2sc(C(=O)NC(C)c3c(C)nn(C)c3C)cc2s1. The normalized spacial score (nSPS) is 12.5. The Kier molecular flexibility index (Phi) is 5.34. The van der Waals surface area contributed by atoms with Crippen LogP contribution in [0.25, 0.3) is 9.53 Å². The average molecular weight is 392 g/mol. The molecule has 3 aromatic rings. The molecule has 6 nitrogen and oxygen atoms in total. The largest absolute Gasteiger partial charge is 0.349 e. The van der Waals surface area contributed by atoms with Crippen LogP contribution in [0.4, 0.5) is 5.13 Å². The summed E-state index contributed by atoms with van der Waals surface area (Å²) in [6, 6.07) is 1.87. The lowest BCUT2D eigenvalue weighted by atomic mass is 10.1. The van der Waals surface area contributed by atoms with Crippen LogP contribution in [0.2, 0.25) is 0 Å². The number of carbonyl (C=O) groups excluding carboxylic acids is 1. The van der Waals surface area contributed by atoms with E-state index >= 15 is 0 Å². The molecular formula is C18H25N5OS2. The number of aromatic nitrogens is 3. The Morgan fingerprint density at radius 3 is 2.54 bits per heavy atom. The van der Waals surface area contributed by atoms with E-state index in [4.69, 9.17) is 4.98 Å². The number of hydrogen-bond donors (Lipinski definition) is 1. The van der Waals surface area contributed by atoms with Gasteiger partial charge in [0, 0.05) is 31.4 Å².